The van der Waals surface area contributed by atoms with Gasteiger partial charge in [-0.3, -0.25) is 4.99 Å². The second kappa shape index (κ2) is 9.81. The number of thiazole rings is 1. The van der Waals surface area contributed by atoms with E-state index in [1.165, 1.54) is 22.5 Å². The Labute approximate surface area is 239 Å². The Morgan fingerprint density at radius 1 is 0.846 bits per heavy atom. The molecule has 4 aromatic carbocycles. The highest BCUT2D eigenvalue weighted by Crippen LogP contribution is 2.39. The number of benzene rings is 4. The van der Waals surface area contributed by atoms with Crippen LogP contribution in [0.2, 0.25) is 0 Å². The quantitative estimate of drug-likeness (QED) is 0.199. The van der Waals surface area contributed by atoms with E-state index in [1.807, 2.05) is 54.8 Å². The first-order valence-electron chi connectivity index (χ1n) is 12.7. The number of nitrogens with zero attached hydrogens (tertiary/aromatic N) is 5. The van der Waals surface area contributed by atoms with Crippen LogP contribution in [-0.2, 0) is 13.1 Å². The second-order valence-electron chi connectivity index (χ2n) is 9.73. The van der Waals surface area contributed by atoms with Crippen LogP contribution in [0.3, 0.4) is 0 Å². The van der Waals surface area contributed by atoms with Crippen LogP contribution in [0.4, 0.5) is 17.1 Å². The Morgan fingerprint density at radius 2 is 1.59 bits per heavy atom. The van der Waals surface area contributed by atoms with Crippen LogP contribution in [0.5, 0.6) is 0 Å². The summed E-state index contributed by atoms with van der Waals surface area (Å²) in [6.07, 6.45) is 5.99. The fraction of sp³-hybridized carbons (Fsp3) is 0.0938. The normalized spacial score (nSPS) is 14.2. The van der Waals surface area contributed by atoms with E-state index in [0.29, 0.717) is 5.56 Å². The predicted octanol–water partition coefficient (Wildman–Crippen LogP) is 8.15. The van der Waals surface area contributed by atoms with Crippen molar-refractivity contribution < 1.29 is 0 Å². The minimum Gasteiger partial charge on any atom is -0.349 e. The third-order valence-corrected chi connectivity index (χ3v) is 8.58. The minimum absolute atomic E-state index is 0.660. The number of aromatic nitrogens is 1. The van der Waals surface area contributed by atoms with Gasteiger partial charge in [0.05, 0.1) is 34.2 Å². The average molecular weight is 589 g/mol. The lowest BCUT2D eigenvalue weighted by atomic mass is 10.0. The maximum atomic E-state index is 8.97. The highest BCUT2D eigenvalue weighted by molar-refractivity contribution is 9.10. The topological polar surface area (TPSA) is 55.5 Å². The maximum absolute atomic E-state index is 8.97. The molecule has 7 rings (SSSR count). The van der Waals surface area contributed by atoms with Crippen LogP contribution < -0.4 is 9.80 Å². The molecule has 0 radical (unpaired) electrons. The van der Waals surface area contributed by atoms with Crippen molar-refractivity contribution in [1.82, 2.24) is 4.98 Å². The molecule has 188 valence electrons. The van der Waals surface area contributed by atoms with Gasteiger partial charge in [-0.25, -0.2) is 4.98 Å². The van der Waals surface area contributed by atoms with Gasteiger partial charge in [-0.1, -0.05) is 40.2 Å². The maximum Gasteiger partial charge on any atom is 0.117 e. The van der Waals surface area contributed by atoms with Gasteiger partial charge in [0.25, 0.3) is 0 Å². The molecule has 0 saturated heterocycles. The Bertz CT molecular complexity index is 1830. The molecule has 0 atom stereocenters. The summed E-state index contributed by atoms with van der Waals surface area (Å²) in [7, 11) is 0. The molecule has 0 unspecified atom stereocenters. The molecule has 2 aliphatic rings. The lowest BCUT2D eigenvalue weighted by Crippen LogP contribution is -2.46. The molecular formula is C32H22BrN5S. The van der Waals surface area contributed by atoms with Crippen LogP contribution in [0, 0.1) is 11.3 Å². The molecule has 0 fully saturated rings. The van der Waals surface area contributed by atoms with Crippen molar-refractivity contribution in [3.8, 4) is 6.07 Å². The van der Waals surface area contributed by atoms with Gasteiger partial charge in [0.2, 0.25) is 0 Å². The Kier molecular flexibility index (Phi) is 5.99. The van der Waals surface area contributed by atoms with E-state index in [1.54, 1.807) is 11.3 Å². The van der Waals surface area contributed by atoms with E-state index in [2.05, 4.69) is 74.3 Å². The van der Waals surface area contributed by atoms with Crippen molar-refractivity contribution >= 4 is 72.9 Å². The summed E-state index contributed by atoms with van der Waals surface area (Å²) in [5.74, 6) is 0. The van der Waals surface area contributed by atoms with Crippen molar-refractivity contribution in [2.45, 2.75) is 13.1 Å². The molecule has 7 heteroatoms. The highest BCUT2D eigenvalue weighted by atomic mass is 79.9. The molecule has 0 saturated carbocycles. The van der Waals surface area contributed by atoms with Crippen LogP contribution >= 0.6 is 27.3 Å². The summed E-state index contributed by atoms with van der Waals surface area (Å²) in [5, 5.41) is 9.91. The average Bonchev–Trinajstić information content (AvgIpc) is 3.37. The molecule has 0 N–H and O–H groups in total. The molecule has 0 aliphatic carbocycles. The Morgan fingerprint density at radius 3 is 2.38 bits per heavy atom. The van der Waals surface area contributed by atoms with E-state index in [-0.39, 0.29) is 0 Å². The Balaban J connectivity index is 1.09. The number of anilines is 2. The lowest BCUT2D eigenvalue weighted by molar-refractivity contribution is 0.650. The molecular weight excluding hydrogens is 566 g/mol. The number of nitriles is 1. The fourth-order valence-electron chi connectivity index (χ4n) is 5.22. The van der Waals surface area contributed by atoms with Crippen molar-refractivity contribution in [3.63, 3.8) is 0 Å². The van der Waals surface area contributed by atoms with E-state index in [4.69, 9.17) is 15.2 Å². The highest BCUT2D eigenvalue weighted by Gasteiger charge is 2.29. The monoisotopic (exact) mass is 587 g/mol. The summed E-state index contributed by atoms with van der Waals surface area (Å²) >= 11 is 5.26. The fourth-order valence-corrected chi connectivity index (χ4v) is 6.53. The second-order valence-corrected chi connectivity index (χ2v) is 11.7. The summed E-state index contributed by atoms with van der Waals surface area (Å²) in [6.45, 7) is 2.74. The van der Waals surface area contributed by atoms with Gasteiger partial charge in [-0.2, -0.15) is 5.26 Å². The van der Waals surface area contributed by atoms with Crippen molar-refractivity contribution in [1.29, 1.82) is 5.26 Å². The van der Waals surface area contributed by atoms with Crippen LogP contribution in [-0.4, -0.2) is 17.9 Å². The third kappa shape index (κ3) is 4.74. The predicted molar refractivity (Wildman–Crippen MR) is 165 cm³/mol. The summed E-state index contributed by atoms with van der Waals surface area (Å²) in [4.78, 5) is 14.4. The number of aliphatic imine (C=N–C) groups is 1. The number of hydrogen-bond acceptors (Lipinski definition) is 6. The molecule has 2 bridgehead atoms. The third-order valence-electron chi connectivity index (χ3n) is 7.10. The SMILES string of the molecule is N#Cc1ccc(/C=C/c2nc3ccc(N=Cc4ccc5c(c4)CN4CN5Cc5cc(Br)ccc54)cc3s2)cc1. The van der Waals surface area contributed by atoms with Gasteiger partial charge in [0, 0.05) is 35.2 Å². The van der Waals surface area contributed by atoms with Gasteiger partial charge >= 0.3 is 0 Å². The van der Waals surface area contributed by atoms with Crippen molar-refractivity contribution in [2.75, 3.05) is 16.5 Å². The standard InChI is InChI=1S/C32H22BrN5S/c33-26-7-11-30-25(14-26)19-38-20-37(30)18-24-13-23(5-10-29(24)38)17-35-27-8-9-28-31(15-27)39-32(36-28)12-6-21-1-3-22(16-34)4-2-21/h1-15,17H,18-20H2/b12-6+,35-17?. The van der Waals surface area contributed by atoms with Crippen molar-refractivity contribution in [3.05, 3.63) is 116 Å². The van der Waals surface area contributed by atoms with Crippen molar-refractivity contribution in [2.24, 2.45) is 4.99 Å². The zero-order chi connectivity index (χ0) is 26.3. The molecule has 3 heterocycles. The first-order valence-corrected chi connectivity index (χ1v) is 14.3. The molecule has 0 amide bonds. The first-order chi connectivity index (χ1) is 19.1. The molecule has 5 nitrogen and oxygen atoms in total. The largest absolute Gasteiger partial charge is 0.349 e. The smallest absolute Gasteiger partial charge is 0.117 e. The van der Waals surface area contributed by atoms with E-state index in [9.17, 15) is 0 Å². The summed E-state index contributed by atoms with van der Waals surface area (Å²) < 4.78 is 2.23. The van der Waals surface area contributed by atoms with Gasteiger partial charge in [-0.15, -0.1) is 11.3 Å². The first kappa shape index (κ1) is 23.8. The molecule has 39 heavy (non-hydrogen) atoms. The number of fused-ring (bicyclic) bond motifs is 7. The van der Waals surface area contributed by atoms with E-state index < -0.39 is 0 Å². The Hall–Kier alpha value is -4.25. The number of hydrogen-bond donors (Lipinski definition) is 0. The van der Waals surface area contributed by atoms with Gasteiger partial charge in [0.15, 0.2) is 0 Å². The molecule has 5 aromatic rings. The molecule has 2 aliphatic heterocycles. The van der Waals surface area contributed by atoms with Gasteiger partial charge < -0.3 is 9.80 Å². The number of halogens is 1. The zero-order valence-corrected chi connectivity index (χ0v) is 23.3. The van der Waals surface area contributed by atoms with E-state index in [0.717, 1.165) is 56.3 Å². The minimum atomic E-state index is 0.660. The zero-order valence-electron chi connectivity index (χ0n) is 20.9. The van der Waals surface area contributed by atoms with Gasteiger partial charge in [-0.05, 0) is 89.0 Å². The molecule has 0 spiro atoms. The molecule has 1 aromatic heterocycles. The number of rotatable bonds is 4. The van der Waals surface area contributed by atoms with Gasteiger partial charge in [0.1, 0.15) is 5.01 Å². The summed E-state index contributed by atoms with van der Waals surface area (Å²) in [6, 6.07) is 29.0. The lowest BCUT2D eigenvalue weighted by Gasteiger charge is -2.44. The van der Waals surface area contributed by atoms with Crippen LogP contribution in [0.15, 0.2) is 88.3 Å². The van der Waals surface area contributed by atoms with Crippen LogP contribution in [0.1, 0.15) is 32.8 Å². The van der Waals surface area contributed by atoms with E-state index >= 15 is 0 Å². The summed E-state index contributed by atoms with van der Waals surface area (Å²) in [5.41, 5.74) is 10.00. The van der Waals surface area contributed by atoms with Crippen LogP contribution in [0.25, 0.3) is 22.4 Å².